The average molecular weight is 356 g/mol. The molecule has 0 aromatic rings. The number of carbonyl (C=O) groups excluding carboxylic acids is 1. The summed E-state index contributed by atoms with van der Waals surface area (Å²) >= 11 is 0. The van der Waals surface area contributed by atoms with Crippen molar-refractivity contribution < 1.29 is 57.8 Å². The Morgan fingerprint density at radius 2 is 1.09 bits per heavy atom. The summed E-state index contributed by atoms with van der Waals surface area (Å²) in [6.07, 6.45) is -8.82. The molecule has 0 heterocycles. The van der Waals surface area contributed by atoms with Gasteiger partial charge < -0.3 is 4.74 Å². The Balaban J connectivity index is 5.94. The Bertz CT molecular complexity index is 424. The molecule has 0 N–H and O–H groups in total. The number of esters is 1. The summed E-state index contributed by atoms with van der Waals surface area (Å²) in [4.78, 5) is 10.6. The van der Waals surface area contributed by atoms with Gasteiger partial charge in [0.1, 0.15) is 0 Å². The summed E-state index contributed by atoms with van der Waals surface area (Å²) in [6.45, 7) is 1.63. The van der Waals surface area contributed by atoms with Gasteiger partial charge in [0.2, 0.25) is 0 Å². The third-order valence-corrected chi connectivity index (χ3v) is 2.14. The molecule has 0 saturated heterocycles. The van der Waals surface area contributed by atoms with Crippen LogP contribution in [0.4, 0.5) is 48.3 Å². The molecule has 22 heavy (non-hydrogen) atoms. The quantitative estimate of drug-likeness (QED) is 0.549. The molecule has 0 aliphatic heterocycles. The van der Waals surface area contributed by atoms with Crippen molar-refractivity contribution in [3.63, 3.8) is 0 Å². The van der Waals surface area contributed by atoms with Crippen molar-refractivity contribution in [2.24, 2.45) is 0 Å². The summed E-state index contributed by atoms with van der Waals surface area (Å²) in [7, 11) is 0. The first kappa shape index (κ1) is 20.7. The average Bonchev–Trinajstić information content (AvgIpc) is 2.25. The summed E-state index contributed by atoms with van der Waals surface area (Å²) in [5.74, 6) is -32.5. The van der Waals surface area contributed by atoms with E-state index in [0.29, 0.717) is 0 Å². The Hall–Kier alpha value is -1.30. The summed E-state index contributed by atoms with van der Waals surface area (Å²) in [5.41, 5.74) is 0. The maximum Gasteiger partial charge on any atom is 0.460 e. The van der Waals surface area contributed by atoms with Gasteiger partial charge in [-0.15, -0.1) is 0 Å². The van der Waals surface area contributed by atoms with Crippen molar-refractivity contribution in [3.8, 4) is 0 Å². The van der Waals surface area contributed by atoms with Gasteiger partial charge in [-0.2, -0.15) is 48.3 Å². The van der Waals surface area contributed by atoms with Crippen LogP contribution in [0.3, 0.4) is 0 Å². The number of halogens is 11. The third-order valence-electron chi connectivity index (χ3n) is 2.14. The topological polar surface area (TPSA) is 26.3 Å². The zero-order valence-corrected chi connectivity index (χ0v) is 10.6. The van der Waals surface area contributed by atoms with Gasteiger partial charge in [-0.1, -0.05) is 0 Å². The Morgan fingerprint density at radius 3 is 1.36 bits per heavy atom. The van der Waals surface area contributed by atoms with E-state index in [1.54, 1.807) is 0 Å². The molecule has 13 heteroatoms. The van der Waals surface area contributed by atoms with Crippen LogP contribution in [0.5, 0.6) is 0 Å². The highest BCUT2D eigenvalue weighted by atomic mass is 19.4. The lowest BCUT2D eigenvalue weighted by atomic mass is 9.98. The first-order valence-corrected chi connectivity index (χ1v) is 5.13. The molecule has 0 aliphatic rings. The minimum absolute atomic E-state index is 0.814. The van der Waals surface area contributed by atoms with Crippen LogP contribution in [0.15, 0.2) is 0 Å². The standard InChI is InChI=1S/C9H7F11O2/c1-3(2)22-4(21)5(10,11)6(12,13)7(14,15)8(16,17)9(18,19)20/h3H,1-2H3. The fourth-order valence-electron chi connectivity index (χ4n) is 0.989. The predicted octanol–water partition coefficient (Wildman–Crippen LogP) is 4.04. The molecule has 0 amide bonds. The molecule has 0 atom stereocenters. The van der Waals surface area contributed by atoms with Crippen LogP contribution in [0.1, 0.15) is 13.8 Å². The number of hydrogen-bond donors (Lipinski definition) is 0. The molecular weight excluding hydrogens is 349 g/mol. The third kappa shape index (κ3) is 2.93. The number of carbonyl (C=O) groups is 1. The second kappa shape index (κ2) is 5.41. The first-order valence-electron chi connectivity index (χ1n) is 5.13. The monoisotopic (exact) mass is 356 g/mol. The van der Waals surface area contributed by atoms with Gasteiger partial charge in [-0.3, -0.25) is 0 Å². The van der Waals surface area contributed by atoms with Gasteiger partial charge in [0, 0.05) is 0 Å². The molecule has 2 nitrogen and oxygen atoms in total. The predicted molar refractivity (Wildman–Crippen MR) is 47.1 cm³/mol. The molecule has 0 rings (SSSR count). The molecule has 0 aliphatic carbocycles. The number of hydrogen-bond acceptors (Lipinski definition) is 2. The maximum absolute atomic E-state index is 13.0. The lowest BCUT2D eigenvalue weighted by Gasteiger charge is -2.36. The normalized spacial score (nSPS) is 15.2. The summed E-state index contributed by atoms with van der Waals surface area (Å²) in [6, 6.07) is 0. The highest BCUT2D eigenvalue weighted by molar-refractivity contribution is 5.79. The maximum atomic E-state index is 13.0. The molecule has 0 saturated carbocycles. The number of ether oxygens (including phenoxy) is 1. The molecule has 0 fully saturated rings. The Kier molecular flexibility index (Phi) is 5.09. The van der Waals surface area contributed by atoms with E-state index in [0.717, 1.165) is 13.8 Å². The van der Waals surface area contributed by atoms with E-state index in [1.165, 1.54) is 0 Å². The SMILES string of the molecule is CC(C)OC(=O)C(F)(F)C(F)(F)C(F)(F)C(F)(F)C(F)(F)F. The van der Waals surface area contributed by atoms with Crippen LogP contribution < -0.4 is 0 Å². The van der Waals surface area contributed by atoms with Crippen molar-refractivity contribution in [1.29, 1.82) is 0 Å². The van der Waals surface area contributed by atoms with E-state index in [4.69, 9.17) is 0 Å². The fourth-order valence-corrected chi connectivity index (χ4v) is 0.989. The summed E-state index contributed by atoms with van der Waals surface area (Å²) < 4.78 is 141. The lowest BCUT2D eigenvalue weighted by molar-refractivity contribution is -0.418. The van der Waals surface area contributed by atoms with Crippen molar-refractivity contribution >= 4 is 5.97 Å². The van der Waals surface area contributed by atoms with Gasteiger partial charge in [0.25, 0.3) is 0 Å². The van der Waals surface area contributed by atoms with Crippen LogP contribution in [-0.2, 0) is 9.53 Å². The molecule has 0 aromatic carbocycles. The number of alkyl halides is 11. The van der Waals surface area contributed by atoms with Gasteiger partial charge >= 0.3 is 35.8 Å². The highest BCUT2D eigenvalue weighted by Crippen LogP contribution is 2.57. The number of rotatable bonds is 5. The highest BCUT2D eigenvalue weighted by Gasteiger charge is 2.88. The second-order valence-electron chi connectivity index (χ2n) is 4.25. The van der Waals surface area contributed by atoms with Gasteiger partial charge in [0.05, 0.1) is 6.10 Å². The van der Waals surface area contributed by atoms with E-state index < -0.39 is 41.9 Å². The van der Waals surface area contributed by atoms with E-state index in [1.807, 2.05) is 0 Å². The van der Waals surface area contributed by atoms with Crippen LogP contribution in [0.25, 0.3) is 0 Å². The second-order valence-corrected chi connectivity index (χ2v) is 4.25. The molecule has 0 aromatic heterocycles. The van der Waals surface area contributed by atoms with E-state index in [9.17, 15) is 53.1 Å². The molecule has 0 radical (unpaired) electrons. The van der Waals surface area contributed by atoms with E-state index in [2.05, 4.69) is 4.74 Å². The Labute approximate surface area is 115 Å². The van der Waals surface area contributed by atoms with Crippen molar-refractivity contribution in [1.82, 2.24) is 0 Å². The minimum atomic E-state index is -7.61. The molecule has 132 valence electrons. The fraction of sp³-hybridized carbons (Fsp3) is 0.889. The van der Waals surface area contributed by atoms with Crippen molar-refractivity contribution in [2.45, 2.75) is 49.8 Å². The van der Waals surface area contributed by atoms with Gasteiger partial charge in [0.15, 0.2) is 0 Å². The first-order chi connectivity index (χ1) is 9.34. The van der Waals surface area contributed by atoms with Crippen LogP contribution in [0, 0.1) is 0 Å². The lowest BCUT2D eigenvalue weighted by Crippen LogP contribution is -2.68. The molecular formula is C9H7F11O2. The smallest absolute Gasteiger partial charge is 0.458 e. The molecule has 0 spiro atoms. The van der Waals surface area contributed by atoms with Crippen LogP contribution in [-0.4, -0.2) is 41.9 Å². The van der Waals surface area contributed by atoms with Crippen molar-refractivity contribution in [3.05, 3.63) is 0 Å². The minimum Gasteiger partial charge on any atom is -0.458 e. The van der Waals surface area contributed by atoms with E-state index >= 15 is 0 Å². The van der Waals surface area contributed by atoms with Gasteiger partial charge in [-0.25, -0.2) is 4.79 Å². The van der Waals surface area contributed by atoms with Crippen LogP contribution in [0.2, 0.25) is 0 Å². The molecule has 0 bridgehead atoms. The van der Waals surface area contributed by atoms with Crippen LogP contribution >= 0.6 is 0 Å². The van der Waals surface area contributed by atoms with E-state index in [-0.39, 0.29) is 0 Å². The summed E-state index contributed by atoms with van der Waals surface area (Å²) in [5, 5.41) is 0. The van der Waals surface area contributed by atoms with Crippen molar-refractivity contribution in [2.75, 3.05) is 0 Å². The molecule has 0 unspecified atom stereocenters. The zero-order chi connectivity index (χ0) is 18.4. The van der Waals surface area contributed by atoms with Gasteiger partial charge in [-0.05, 0) is 13.8 Å². The zero-order valence-electron chi connectivity index (χ0n) is 10.6. The largest absolute Gasteiger partial charge is 0.460 e. The Morgan fingerprint density at radius 1 is 0.727 bits per heavy atom.